The quantitative estimate of drug-likeness (QED) is 0.384. The van der Waals surface area contributed by atoms with Crippen molar-refractivity contribution in [3.05, 3.63) is 64.8 Å². The standard InChI is InChI=1S/C26H25N2O/c1-16-10-11-28(3)23(12-16)24-17(2)8-9-20-22-14-18(15-27)13-21(19-6-4-5-7-19)25(22)29-26(20)24/h8-14,19H,4-7H2,1-3H3/q+1/i1D3,11D,19D. The lowest BCUT2D eigenvalue weighted by molar-refractivity contribution is -0.660. The normalized spacial score (nSPS) is 18.7. The first-order chi connectivity index (χ1) is 16.0. The van der Waals surface area contributed by atoms with Crippen LogP contribution in [0.4, 0.5) is 0 Å². The van der Waals surface area contributed by atoms with Gasteiger partial charge in [-0.2, -0.15) is 5.26 Å². The fraction of sp³-hybridized carbons (Fsp3) is 0.308. The van der Waals surface area contributed by atoms with E-state index in [9.17, 15) is 5.26 Å². The maximum absolute atomic E-state index is 9.69. The van der Waals surface area contributed by atoms with Gasteiger partial charge in [0, 0.05) is 28.4 Å². The van der Waals surface area contributed by atoms with Crippen molar-refractivity contribution in [2.45, 2.75) is 45.4 Å². The van der Waals surface area contributed by atoms with Gasteiger partial charge >= 0.3 is 0 Å². The molecule has 4 aromatic rings. The lowest BCUT2D eigenvalue weighted by atomic mass is 9.93. The number of nitrogens with zero attached hydrogens (tertiary/aromatic N) is 2. The molecule has 0 radical (unpaired) electrons. The van der Waals surface area contributed by atoms with Crippen LogP contribution in [0.5, 0.6) is 0 Å². The van der Waals surface area contributed by atoms with E-state index in [-0.39, 0.29) is 11.7 Å². The number of rotatable bonds is 2. The molecule has 144 valence electrons. The Morgan fingerprint density at radius 2 is 2.00 bits per heavy atom. The van der Waals surface area contributed by atoms with E-state index in [0.29, 0.717) is 28.0 Å². The van der Waals surface area contributed by atoms with Crippen molar-refractivity contribution in [1.29, 1.82) is 5.26 Å². The van der Waals surface area contributed by atoms with Crippen molar-refractivity contribution in [3.63, 3.8) is 0 Å². The first-order valence-electron chi connectivity index (χ1n) is 12.5. The highest BCUT2D eigenvalue weighted by Gasteiger charge is 2.25. The highest BCUT2D eigenvalue weighted by atomic mass is 16.3. The van der Waals surface area contributed by atoms with Gasteiger partial charge in [0.15, 0.2) is 6.17 Å². The number of fused-ring (bicyclic) bond motifs is 3. The molecule has 0 aliphatic heterocycles. The summed E-state index contributed by atoms with van der Waals surface area (Å²) in [5, 5.41) is 11.3. The van der Waals surface area contributed by atoms with Gasteiger partial charge in [-0.05, 0) is 61.3 Å². The van der Waals surface area contributed by atoms with Crippen molar-refractivity contribution in [2.24, 2.45) is 7.05 Å². The number of nitriles is 1. The summed E-state index contributed by atoms with van der Waals surface area (Å²) in [6.45, 7) is -0.415. The van der Waals surface area contributed by atoms with Crippen molar-refractivity contribution in [3.8, 4) is 17.3 Å². The third-order valence-electron chi connectivity index (χ3n) is 5.99. The second-order valence-electron chi connectivity index (χ2n) is 7.88. The van der Waals surface area contributed by atoms with E-state index in [2.05, 4.69) is 6.07 Å². The number of furan rings is 1. The molecule has 3 heteroatoms. The maximum Gasteiger partial charge on any atom is 0.216 e. The molecule has 5 rings (SSSR count). The summed E-state index contributed by atoms with van der Waals surface area (Å²) in [6, 6.07) is 12.7. The summed E-state index contributed by atoms with van der Waals surface area (Å²) in [5.74, 6) is -0.797. The third-order valence-corrected chi connectivity index (χ3v) is 5.99. The number of benzene rings is 2. The van der Waals surface area contributed by atoms with Crippen LogP contribution in [0, 0.1) is 25.1 Å². The zero-order chi connectivity index (χ0) is 24.4. The third kappa shape index (κ3) is 2.83. The average molecular weight is 387 g/mol. The van der Waals surface area contributed by atoms with Crippen LogP contribution in [0.25, 0.3) is 33.2 Å². The average Bonchev–Trinajstić information content (AvgIpc) is 3.38. The molecular weight excluding hydrogens is 356 g/mol. The van der Waals surface area contributed by atoms with Crippen molar-refractivity contribution >= 4 is 21.9 Å². The Balaban J connectivity index is 1.89. The number of pyridine rings is 1. The van der Waals surface area contributed by atoms with Crippen LogP contribution < -0.4 is 4.57 Å². The fourth-order valence-corrected chi connectivity index (χ4v) is 4.52. The van der Waals surface area contributed by atoms with Crippen molar-refractivity contribution in [1.82, 2.24) is 0 Å². The molecule has 29 heavy (non-hydrogen) atoms. The van der Waals surface area contributed by atoms with Gasteiger partial charge in [-0.3, -0.25) is 0 Å². The molecule has 1 fully saturated rings. The van der Waals surface area contributed by atoms with Crippen LogP contribution in [-0.4, -0.2) is 0 Å². The lowest BCUT2D eigenvalue weighted by Gasteiger charge is -2.10. The van der Waals surface area contributed by atoms with Gasteiger partial charge in [-0.25, -0.2) is 4.57 Å². The first-order valence-corrected chi connectivity index (χ1v) is 9.95. The Labute approximate surface area is 178 Å². The topological polar surface area (TPSA) is 40.8 Å². The molecular formula is C26H25N2O+. The second kappa shape index (κ2) is 6.74. The smallest absolute Gasteiger partial charge is 0.216 e. The van der Waals surface area contributed by atoms with E-state index in [0.717, 1.165) is 47.6 Å². The van der Waals surface area contributed by atoms with Gasteiger partial charge in [-0.1, -0.05) is 25.0 Å². The number of hydrogen-bond donors (Lipinski definition) is 0. The summed E-state index contributed by atoms with van der Waals surface area (Å²) < 4.78 is 49.2. The summed E-state index contributed by atoms with van der Waals surface area (Å²) >= 11 is 0. The van der Waals surface area contributed by atoms with E-state index in [1.54, 1.807) is 29.8 Å². The summed E-state index contributed by atoms with van der Waals surface area (Å²) in [7, 11) is 1.73. The highest BCUT2D eigenvalue weighted by molar-refractivity contribution is 6.11. The van der Waals surface area contributed by atoms with Gasteiger partial charge < -0.3 is 4.42 Å². The SMILES string of the molecule is [2H]c1cc(C([2H])([2H])[2H])cc(-c2c(C)ccc3c2oc2c(C4([2H])CCCC4)cc(C#N)cc23)[n+]1C. The first kappa shape index (κ1) is 13.2. The van der Waals surface area contributed by atoms with Gasteiger partial charge in [0.25, 0.3) is 0 Å². The molecule has 1 aliphatic rings. The Morgan fingerprint density at radius 1 is 1.17 bits per heavy atom. The Kier molecular flexibility index (Phi) is 3.06. The van der Waals surface area contributed by atoms with E-state index >= 15 is 0 Å². The van der Waals surface area contributed by atoms with Crippen LogP contribution in [0.3, 0.4) is 0 Å². The van der Waals surface area contributed by atoms with Crippen LogP contribution >= 0.6 is 0 Å². The minimum Gasteiger partial charge on any atom is -0.455 e. The van der Waals surface area contributed by atoms with Gasteiger partial charge in [0.05, 0.1) is 17.2 Å². The molecule has 1 aliphatic carbocycles. The number of hydrogen-bond acceptors (Lipinski definition) is 2. The molecule has 0 unspecified atom stereocenters. The molecule has 3 nitrogen and oxygen atoms in total. The van der Waals surface area contributed by atoms with E-state index in [1.807, 2.05) is 19.1 Å². The van der Waals surface area contributed by atoms with Crippen molar-refractivity contribution in [2.75, 3.05) is 0 Å². The largest absolute Gasteiger partial charge is 0.455 e. The van der Waals surface area contributed by atoms with Crippen LogP contribution in [-0.2, 0) is 7.05 Å². The predicted octanol–water partition coefficient (Wildman–Crippen LogP) is 6.22. The number of aromatic nitrogens is 1. The van der Waals surface area contributed by atoms with E-state index in [4.69, 9.17) is 11.3 Å². The van der Waals surface area contributed by atoms with Crippen LogP contribution in [0.2, 0.25) is 0 Å². The molecule has 0 saturated heterocycles. The maximum atomic E-state index is 9.69. The fourth-order valence-electron chi connectivity index (χ4n) is 4.52. The van der Waals surface area contributed by atoms with Gasteiger partial charge in [0.2, 0.25) is 5.69 Å². The molecule has 1 saturated carbocycles. The Bertz CT molecular complexity index is 1500. The minimum absolute atomic E-state index is 0.0830. The zero-order valence-corrected chi connectivity index (χ0v) is 16.6. The predicted molar refractivity (Wildman–Crippen MR) is 116 cm³/mol. The van der Waals surface area contributed by atoms with E-state index < -0.39 is 12.7 Å². The molecule has 2 aromatic carbocycles. The summed E-state index contributed by atoms with van der Waals surface area (Å²) in [5.41, 5.74) is 4.68. The zero-order valence-electron chi connectivity index (χ0n) is 21.6. The summed E-state index contributed by atoms with van der Waals surface area (Å²) in [6.07, 6.45) is 3.46. The molecule has 0 spiro atoms. The summed E-state index contributed by atoms with van der Waals surface area (Å²) in [4.78, 5) is 0. The minimum atomic E-state index is -2.34. The molecule has 0 N–H and O–H groups in total. The monoisotopic (exact) mass is 386 g/mol. The van der Waals surface area contributed by atoms with Gasteiger partial charge in [-0.15, -0.1) is 0 Å². The highest BCUT2D eigenvalue weighted by Crippen LogP contribution is 2.43. The van der Waals surface area contributed by atoms with E-state index in [1.165, 1.54) is 6.07 Å². The Morgan fingerprint density at radius 3 is 2.76 bits per heavy atom. The molecule has 0 atom stereocenters. The van der Waals surface area contributed by atoms with Crippen LogP contribution in [0.15, 0.2) is 47.0 Å². The van der Waals surface area contributed by atoms with Crippen LogP contribution in [0.1, 0.15) is 60.7 Å². The Hall–Kier alpha value is -3.12. The second-order valence-corrected chi connectivity index (χ2v) is 7.88. The van der Waals surface area contributed by atoms with Gasteiger partial charge in [0.1, 0.15) is 19.6 Å². The van der Waals surface area contributed by atoms with Crippen molar-refractivity contribution < 1.29 is 15.8 Å². The molecule has 0 bridgehead atoms. The molecule has 2 aromatic heterocycles. The molecule has 0 amide bonds. The molecule has 2 heterocycles. The lowest BCUT2D eigenvalue weighted by Crippen LogP contribution is -2.30. The number of aryl methyl sites for hydroxylation is 2.